The van der Waals surface area contributed by atoms with Gasteiger partial charge in [0.1, 0.15) is 6.04 Å². The Bertz CT molecular complexity index is 463. The molecule has 2 N–H and O–H groups in total. The Morgan fingerprint density at radius 3 is 2.63 bits per heavy atom. The van der Waals surface area contributed by atoms with E-state index in [0.29, 0.717) is 11.3 Å². The third-order valence-corrected chi connectivity index (χ3v) is 3.23. The van der Waals surface area contributed by atoms with Crippen molar-refractivity contribution < 1.29 is 14.7 Å². The van der Waals surface area contributed by atoms with E-state index in [1.807, 2.05) is 25.1 Å². The molecule has 1 amide bonds. The van der Waals surface area contributed by atoms with Gasteiger partial charge in [-0.3, -0.25) is 4.79 Å². The van der Waals surface area contributed by atoms with Crippen molar-refractivity contribution in [3.05, 3.63) is 29.8 Å². The highest BCUT2D eigenvalue weighted by Gasteiger charge is 2.20. The largest absolute Gasteiger partial charge is 0.480 e. The van der Waals surface area contributed by atoms with Crippen molar-refractivity contribution in [3.8, 4) is 0 Å². The molecule has 0 aromatic heterocycles. The van der Waals surface area contributed by atoms with Crippen molar-refractivity contribution in [3.63, 3.8) is 0 Å². The average molecular weight is 282 g/mol. The number of rotatable bonds is 6. The first-order valence-electron chi connectivity index (χ1n) is 5.75. The van der Waals surface area contributed by atoms with Gasteiger partial charge in [-0.05, 0) is 24.5 Å². The number of carboxylic acids is 1. The maximum absolute atomic E-state index is 12.0. The molecular formula is C13H18N2O3S. The van der Waals surface area contributed by atoms with Gasteiger partial charge in [-0.1, -0.05) is 6.07 Å². The van der Waals surface area contributed by atoms with Crippen LogP contribution < -0.4 is 10.2 Å². The molecule has 0 aliphatic carbocycles. The van der Waals surface area contributed by atoms with Crippen LogP contribution in [0.4, 0.5) is 5.69 Å². The molecule has 0 unspecified atom stereocenters. The Morgan fingerprint density at radius 1 is 1.42 bits per heavy atom. The number of thioether (sulfide) groups is 1. The highest BCUT2D eigenvalue weighted by atomic mass is 32.2. The van der Waals surface area contributed by atoms with Gasteiger partial charge in [-0.2, -0.15) is 11.8 Å². The predicted molar refractivity (Wildman–Crippen MR) is 78.0 cm³/mol. The van der Waals surface area contributed by atoms with Gasteiger partial charge in [0.2, 0.25) is 0 Å². The van der Waals surface area contributed by atoms with E-state index in [9.17, 15) is 9.59 Å². The Labute approximate surface area is 117 Å². The summed E-state index contributed by atoms with van der Waals surface area (Å²) in [6.07, 6.45) is 1.80. The average Bonchev–Trinajstić information content (AvgIpc) is 2.38. The van der Waals surface area contributed by atoms with Crippen molar-refractivity contribution in [2.45, 2.75) is 6.04 Å². The van der Waals surface area contributed by atoms with Crippen molar-refractivity contribution >= 4 is 29.3 Å². The van der Waals surface area contributed by atoms with Crippen LogP contribution in [0, 0.1) is 0 Å². The highest BCUT2D eigenvalue weighted by Crippen LogP contribution is 2.13. The second kappa shape index (κ2) is 7.04. The van der Waals surface area contributed by atoms with Crippen LogP contribution in [0.2, 0.25) is 0 Å². The second-order valence-corrected chi connectivity index (χ2v) is 5.18. The van der Waals surface area contributed by atoms with Gasteiger partial charge < -0.3 is 15.3 Å². The Kier molecular flexibility index (Phi) is 5.69. The summed E-state index contributed by atoms with van der Waals surface area (Å²) >= 11 is 1.38. The van der Waals surface area contributed by atoms with Crippen LogP contribution in [0.3, 0.4) is 0 Å². The minimum atomic E-state index is -1.02. The van der Waals surface area contributed by atoms with Gasteiger partial charge in [0.15, 0.2) is 0 Å². The molecule has 1 aromatic carbocycles. The summed E-state index contributed by atoms with van der Waals surface area (Å²) in [4.78, 5) is 24.9. The number of nitrogens with one attached hydrogen (secondary N) is 1. The third-order valence-electron chi connectivity index (χ3n) is 2.56. The quantitative estimate of drug-likeness (QED) is 0.823. The standard InChI is InChI=1S/C13H18N2O3S/c1-15(2)10-6-4-5-9(7-10)12(16)14-11(8-19-3)13(17)18/h4-7,11H,8H2,1-3H3,(H,14,16)(H,17,18)/t11-/m0/s1. The molecule has 0 aliphatic heterocycles. The fraction of sp³-hybridized carbons (Fsp3) is 0.385. The number of amides is 1. The maximum atomic E-state index is 12.0. The van der Waals surface area contributed by atoms with Gasteiger partial charge in [0.25, 0.3) is 5.91 Å². The normalized spacial score (nSPS) is 11.7. The van der Waals surface area contributed by atoms with Crippen molar-refractivity contribution in [2.24, 2.45) is 0 Å². The van der Waals surface area contributed by atoms with E-state index in [-0.39, 0.29) is 5.91 Å². The number of nitrogens with zero attached hydrogens (tertiary/aromatic N) is 1. The van der Waals surface area contributed by atoms with Crippen LogP contribution in [0.25, 0.3) is 0 Å². The molecule has 1 atom stereocenters. The number of hydrogen-bond acceptors (Lipinski definition) is 4. The minimum absolute atomic E-state index is 0.342. The summed E-state index contributed by atoms with van der Waals surface area (Å²) in [5, 5.41) is 11.5. The maximum Gasteiger partial charge on any atom is 0.327 e. The number of aliphatic carboxylic acids is 1. The lowest BCUT2D eigenvalue weighted by atomic mass is 10.1. The van der Waals surface area contributed by atoms with Crippen LogP contribution in [-0.4, -0.2) is 49.1 Å². The number of benzene rings is 1. The van der Waals surface area contributed by atoms with Crippen molar-refractivity contribution in [2.75, 3.05) is 31.0 Å². The molecule has 104 valence electrons. The predicted octanol–water partition coefficient (Wildman–Crippen LogP) is 1.30. The van der Waals surface area contributed by atoms with Gasteiger partial charge in [0.05, 0.1) is 0 Å². The molecule has 1 aromatic rings. The molecule has 1 rings (SSSR count). The van der Waals surface area contributed by atoms with Gasteiger partial charge in [0, 0.05) is 31.1 Å². The lowest BCUT2D eigenvalue weighted by Crippen LogP contribution is -2.42. The van der Waals surface area contributed by atoms with Crippen molar-refractivity contribution in [1.29, 1.82) is 0 Å². The summed E-state index contributed by atoms with van der Waals surface area (Å²) in [5.74, 6) is -1.05. The van der Waals surface area contributed by atoms with Crippen LogP contribution in [0.15, 0.2) is 24.3 Å². The lowest BCUT2D eigenvalue weighted by molar-refractivity contribution is -0.138. The molecule has 5 nitrogen and oxygen atoms in total. The van der Waals surface area contributed by atoms with Crippen LogP contribution >= 0.6 is 11.8 Å². The summed E-state index contributed by atoms with van der Waals surface area (Å²) in [7, 11) is 3.76. The van der Waals surface area contributed by atoms with E-state index < -0.39 is 12.0 Å². The zero-order valence-electron chi connectivity index (χ0n) is 11.2. The summed E-state index contributed by atoms with van der Waals surface area (Å²) in [6.45, 7) is 0. The molecular weight excluding hydrogens is 264 g/mol. The fourth-order valence-corrected chi connectivity index (χ4v) is 2.07. The summed E-state index contributed by atoms with van der Waals surface area (Å²) in [6, 6.07) is 6.18. The van der Waals surface area contributed by atoms with Crippen LogP contribution in [-0.2, 0) is 4.79 Å². The first-order chi connectivity index (χ1) is 8.95. The molecule has 0 spiro atoms. The zero-order chi connectivity index (χ0) is 14.4. The first-order valence-corrected chi connectivity index (χ1v) is 7.15. The molecule has 0 radical (unpaired) electrons. The lowest BCUT2D eigenvalue weighted by Gasteiger charge is -2.15. The second-order valence-electron chi connectivity index (χ2n) is 4.26. The monoisotopic (exact) mass is 282 g/mol. The molecule has 0 saturated carbocycles. The highest BCUT2D eigenvalue weighted by molar-refractivity contribution is 7.98. The van der Waals surface area contributed by atoms with E-state index in [0.717, 1.165) is 5.69 Å². The first kappa shape index (κ1) is 15.4. The van der Waals surface area contributed by atoms with E-state index in [1.165, 1.54) is 11.8 Å². The van der Waals surface area contributed by atoms with Gasteiger partial charge >= 0.3 is 5.97 Å². The van der Waals surface area contributed by atoms with E-state index in [1.54, 1.807) is 24.5 Å². The van der Waals surface area contributed by atoms with Crippen molar-refractivity contribution in [1.82, 2.24) is 5.32 Å². The Hall–Kier alpha value is -1.69. The molecule has 0 heterocycles. The number of anilines is 1. The Morgan fingerprint density at radius 2 is 2.11 bits per heavy atom. The van der Waals surface area contributed by atoms with E-state index in [4.69, 9.17) is 5.11 Å². The molecule has 0 fully saturated rings. The fourth-order valence-electron chi connectivity index (χ4n) is 1.51. The molecule has 0 aliphatic rings. The third kappa shape index (κ3) is 4.48. The molecule has 6 heteroatoms. The number of carboxylic acid groups (broad SMARTS) is 1. The number of carbonyl (C=O) groups is 2. The van der Waals surface area contributed by atoms with Crippen LogP contribution in [0.1, 0.15) is 10.4 Å². The van der Waals surface area contributed by atoms with Gasteiger partial charge in [-0.25, -0.2) is 4.79 Å². The minimum Gasteiger partial charge on any atom is -0.480 e. The number of carbonyl (C=O) groups excluding carboxylic acids is 1. The van der Waals surface area contributed by atoms with Gasteiger partial charge in [-0.15, -0.1) is 0 Å². The number of hydrogen-bond donors (Lipinski definition) is 2. The molecule has 19 heavy (non-hydrogen) atoms. The van der Waals surface area contributed by atoms with E-state index >= 15 is 0 Å². The van der Waals surface area contributed by atoms with Crippen LogP contribution in [0.5, 0.6) is 0 Å². The SMILES string of the molecule is CSC[C@H](NC(=O)c1cccc(N(C)C)c1)C(=O)O. The summed E-state index contributed by atoms with van der Waals surface area (Å²) in [5.41, 5.74) is 1.35. The topological polar surface area (TPSA) is 69.6 Å². The smallest absolute Gasteiger partial charge is 0.327 e. The zero-order valence-corrected chi connectivity index (χ0v) is 12.0. The van der Waals surface area contributed by atoms with E-state index in [2.05, 4.69) is 5.32 Å². The molecule has 0 saturated heterocycles. The summed E-state index contributed by atoms with van der Waals surface area (Å²) < 4.78 is 0. The molecule has 0 bridgehead atoms. The Balaban J connectivity index is 2.82.